The summed E-state index contributed by atoms with van der Waals surface area (Å²) in [5.41, 5.74) is 1.02. The minimum Gasteiger partial charge on any atom is -0.296 e. The second-order valence-electron chi connectivity index (χ2n) is 5.60. The monoisotopic (exact) mass is 354 g/mol. The normalized spacial score (nSPS) is 11.9. The molecule has 1 atom stereocenters. The molecular weight excluding hydrogens is 336 g/mol. The number of hydrogen-bond acceptors (Lipinski definition) is 7. The number of hydrogen-bond donors (Lipinski definition) is 1. The van der Waals surface area contributed by atoms with Crippen LogP contribution >= 0.6 is 11.3 Å². The molecule has 1 amide bonds. The van der Waals surface area contributed by atoms with E-state index in [9.17, 15) is 4.79 Å². The molecule has 0 radical (unpaired) electrons. The highest BCUT2D eigenvalue weighted by atomic mass is 32.1. The van der Waals surface area contributed by atoms with Gasteiger partial charge in [-0.25, -0.2) is 9.97 Å². The van der Waals surface area contributed by atoms with Crippen molar-refractivity contribution in [2.75, 3.05) is 5.32 Å². The summed E-state index contributed by atoms with van der Waals surface area (Å²) in [7, 11) is 0. The summed E-state index contributed by atoms with van der Waals surface area (Å²) >= 11 is 1.40. The van der Waals surface area contributed by atoms with E-state index in [1.165, 1.54) is 23.7 Å². The molecule has 3 aromatic heterocycles. The maximum atomic E-state index is 12.3. The van der Waals surface area contributed by atoms with Gasteiger partial charge in [0.15, 0.2) is 5.82 Å². The van der Waals surface area contributed by atoms with Crippen LogP contribution in [-0.2, 0) is 0 Å². The van der Waals surface area contributed by atoms with Gasteiger partial charge in [0.2, 0.25) is 5.13 Å². The van der Waals surface area contributed by atoms with Gasteiger partial charge in [-0.3, -0.25) is 15.1 Å². The summed E-state index contributed by atoms with van der Waals surface area (Å²) in [5, 5.41) is 12.3. The van der Waals surface area contributed by atoms with E-state index >= 15 is 0 Å². The third-order valence-corrected chi connectivity index (χ3v) is 4.68. The van der Waals surface area contributed by atoms with E-state index in [0.717, 1.165) is 17.8 Å². The van der Waals surface area contributed by atoms with Gasteiger partial charge in [-0.15, -0.1) is 10.2 Å². The van der Waals surface area contributed by atoms with E-state index in [0.29, 0.717) is 28.1 Å². The lowest BCUT2D eigenvalue weighted by atomic mass is 10.1. The van der Waals surface area contributed by atoms with E-state index in [-0.39, 0.29) is 5.91 Å². The molecule has 1 N–H and O–H groups in total. The largest absolute Gasteiger partial charge is 0.296 e. The van der Waals surface area contributed by atoms with Crippen molar-refractivity contribution in [1.29, 1.82) is 0 Å². The Balaban J connectivity index is 1.67. The molecule has 0 bridgehead atoms. The van der Waals surface area contributed by atoms with Gasteiger partial charge >= 0.3 is 0 Å². The molecule has 3 rings (SSSR count). The molecule has 0 aromatic carbocycles. The van der Waals surface area contributed by atoms with Crippen LogP contribution in [0, 0.1) is 0 Å². The van der Waals surface area contributed by atoms with Crippen molar-refractivity contribution >= 4 is 22.4 Å². The lowest BCUT2D eigenvalue weighted by Gasteiger charge is -2.03. The molecule has 3 aromatic rings. The van der Waals surface area contributed by atoms with Crippen molar-refractivity contribution < 1.29 is 4.79 Å². The standard InChI is InChI=1S/C17H18N6OS/c1-3-6-11(2)16-22-23-17(25-16)21-15(24)12-9-19-14(20-10-12)13-7-4-5-8-18-13/h4-5,7-11H,3,6H2,1-2H3,(H,21,23,24). The van der Waals surface area contributed by atoms with Crippen molar-refractivity contribution in [1.82, 2.24) is 25.1 Å². The number of amides is 1. The Labute approximate surface area is 149 Å². The van der Waals surface area contributed by atoms with Crippen LogP contribution in [0.1, 0.15) is 48.0 Å². The Kier molecular flexibility index (Phi) is 5.39. The molecule has 0 spiro atoms. The molecule has 0 aliphatic carbocycles. The number of anilines is 1. The second kappa shape index (κ2) is 7.89. The minimum atomic E-state index is -0.307. The second-order valence-corrected chi connectivity index (χ2v) is 6.61. The van der Waals surface area contributed by atoms with Crippen LogP contribution in [0.5, 0.6) is 0 Å². The number of carbonyl (C=O) groups excluding carboxylic acids is 1. The molecule has 0 saturated carbocycles. The predicted octanol–water partition coefficient (Wildman–Crippen LogP) is 3.55. The third kappa shape index (κ3) is 4.21. The van der Waals surface area contributed by atoms with E-state index in [2.05, 4.69) is 44.3 Å². The van der Waals surface area contributed by atoms with Gasteiger partial charge in [-0.2, -0.15) is 0 Å². The summed E-state index contributed by atoms with van der Waals surface area (Å²) in [5.74, 6) is 0.510. The number of pyridine rings is 1. The van der Waals surface area contributed by atoms with Crippen LogP contribution in [-0.4, -0.2) is 31.1 Å². The molecule has 25 heavy (non-hydrogen) atoms. The summed E-state index contributed by atoms with van der Waals surface area (Å²) in [6.07, 6.45) is 6.77. The fourth-order valence-corrected chi connectivity index (χ4v) is 3.11. The molecule has 0 aliphatic heterocycles. The van der Waals surface area contributed by atoms with Crippen LogP contribution in [0.3, 0.4) is 0 Å². The molecule has 128 valence electrons. The van der Waals surface area contributed by atoms with Crippen molar-refractivity contribution in [3.63, 3.8) is 0 Å². The van der Waals surface area contributed by atoms with Crippen LogP contribution in [0.4, 0.5) is 5.13 Å². The Morgan fingerprint density at radius 1 is 1.20 bits per heavy atom. The SMILES string of the molecule is CCCC(C)c1nnc(NC(=O)c2cnc(-c3ccccn3)nc2)s1. The topological polar surface area (TPSA) is 93.6 Å². The van der Waals surface area contributed by atoms with E-state index in [1.54, 1.807) is 6.20 Å². The average molecular weight is 354 g/mol. The smallest absolute Gasteiger partial charge is 0.260 e. The van der Waals surface area contributed by atoms with Gasteiger partial charge in [0.05, 0.1) is 5.56 Å². The highest BCUT2D eigenvalue weighted by molar-refractivity contribution is 7.15. The van der Waals surface area contributed by atoms with Crippen molar-refractivity contribution in [3.8, 4) is 11.5 Å². The van der Waals surface area contributed by atoms with Crippen molar-refractivity contribution in [2.24, 2.45) is 0 Å². The maximum Gasteiger partial charge on any atom is 0.260 e. The van der Waals surface area contributed by atoms with Gasteiger partial charge < -0.3 is 0 Å². The fraction of sp³-hybridized carbons (Fsp3) is 0.294. The zero-order chi connectivity index (χ0) is 17.6. The third-order valence-electron chi connectivity index (χ3n) is 3.61. The van der Waals surface area contributed by atoms with E-state index in [1.807, 2.05) is 18.2 Å². The molecule has 3 heterocycles. The number of aromatic nitrogens is 5. The fourth-order valence-electron chi connectivity index (χ4n) is 2.28. The number of nitrogens with zero attached hydrogens (tertiary/aromatic N) is 5. The Bertz CT molecular complexity index is 834. The van der Waals surface area contributed by atoms with Gasteiger partial charge in [0, 0.05) is 24.5 Å². The predicted molar refractivity (Wildman–Crippen MR) is 96.4 cm³/mol. The molecule has 0 aliphatic rings. The zero-order valence-corrected chi connectivity index (χ0v) is 14.8. The van der Waals surface area contributed by atoms with Crippen LogP contribution < -0.4 is 5.32 Å². The highest BCUT2D eigenvalue weighted by Gasteiger charge is 2.14. The van der Waals surface area contributed by atoms with Gasteiger partial charge in [-0.1, -0.05) is 37.7 Å². The number of nitrogens with one attached hydrogen (secondary N) is 1. The van der Waals surface area contributed by atoms with Crippen LogP contribution in [0.15, 0.2) is 36.8 Å². The molecular formula is C17H18N6OS. The first-order valence-corrected chi connectivity index (χ1v) is 8.87. The van der Waals surface area contributed by atoms with Gasteiger partial charge in [-0.05, 0) is 18.6 Å². The van der Waals surface area contributed by atoms with E-state index < -0.39 is 0 Å². The number of carbonyl (C=O) groups is 1. The summed E-state index contributed by atoms with van der Waals surface area (Å²) in [6.45, 7) is 4.24. The summed E-state index contributed by atoms with van der Waals surface area (Å²) < 4.78 is 0. The van der Waals surface area contributed by atoms with Crippen molar-refractivity contribution in [3.05, 3.63) is 47.4 Å². The minimum absolute atomic E-state index is 0.307. The lowest BCUT2D eigenvalue weighted by Crippen LogP contribution is -2.12. The Morgan fingerprint density at radius 2 is 2.00 bits per heavy atom. The van der Waals surface area contributed by atoms with Gasteiger partial charge in [0.25, 0.3) is 5.91 Å². The number of rotatable bonds is 6. The van der Waals surface area contributed by atoms with Crippen molar-refractivity contribution in [2.45, 2.75) is 32.6 Å². The molecule has 0 fully saturated rings. The highest BCUT2D eigenvalue weighted by Crippen LogP contribution is 2.26. The maximum absolute atomic E-state index is 12.3. The average Bonchev–Trinajstić information content (AvgIpc) is 3.11. The lowest BCUT2D eigenvalue weighted by molar-refractivity contribution is 0.102. The molecule has 7 nitrogen and oxygen atoms in total. The first kappa shape index (κ1) is 17.1. The van der Waals surface area contributed by atoms with Gasteiger partial charge in [0.1, 0.15) is 10.7 Å². The Hall–Kier alpha value is -2.74. The summed E-state index contributed by atoms with van der Waals surface area (Å²) in [4.78, 5) is 24.9. The van der Waals surface area contributed by atoms with Crippen LogP contribution in [0.2, 0.25) is 0 Å². The van der Waals surface area contributed by atoms with E-state index in [4.69, 9.17) is 0 Å². The molecule has 0 saturated heterocycles. The first-order valence-electron chi connectivity index (χ1n) is 8.05. The molecule has 1 unspecified atom stereocenters. The quantitative estimate of drug-likeness (QED) is 0.727. The first-order chi connectivity index (χ1) is 12.2. The van der Waals surface area contributed by atoms with Crippen LogP contribution in [0.25, 0.3) is 11.5 Å². The molecule has 8 heteroatoms. The summed E-state index contributed by atoms with van der Waals surface area (Å²) in [6, 6.07) is 5.50. The Morgan fingerprint density at radius 3 is 2.68 bits per heavy atom. The zero-order valence-electron chi connectivity index (χ0n) is 14.0.